The van der Waals surface area contributed by atoms with Crippen LogP contribution in [-0.2, 0) is 19.1 Å². The van der Waals surface area contributed by atoms with E-state index in [4.69, 9.17) is 14.2 Å². The number of carbonyl (C=O) groups excluding carboxylic acids is 2. The number of phenolic OH excluding ortho intramolecular Hbond substituents is 1. The van der Waals surface area contributed by atoms with Gasteiger partial charge >= 0.3 is 0 Å². The van der Waals surface area contributed by atoms with Crippen molar-refractivity contribution >= 4 is 17.4 Å². The molecule has 158 valence electrons. The molecular weight excluding hydrogens is 390 g/mol. The zero-order valence-electron chi connectivity index (χ0n) is 16.9. The predicted molar refractivity (Wildman–Crippen MR) is 108 cm³/mol. The van der Waals surface area contributed by atoms with Crippen LogP contribution in [-0.4, -0.2) is 61.0 Å². The van der Waals surface area contributed by atoms with E-state index in [0.29, 0.717) is 16.9 Å². The van der Waals surface area contributed by atoms with Crippen LogP contribution < -0.4 is 4.74 Å². The van der Waals surface area contributed by atoms with E-state index in [9.17, 15) is 19.8 Å². The van der Waals surface area contributed by atoms with Crippen LogP contribution in [0.1, 0.15) is 17.2 Å². The fourth-order valence-electron chi connectivity index (χ4n) is 3.38. The van der Waals surface area contributed by atoms with Crippen molar-refractivity contribution < 1.29 is 34.0 Å². The molecule has 2 aromatic rings. The summed E-state index contributed by atoms with van der Waals surface area (Å²) >= 11 is 0. The number of phenols is 1. The summed E-state index contributed by atoms with van der Waals surface area (Å²) in [6.07, 6.45) is -0.760. The summed E-state index contributed by atoms with van der Waals surface area (Å²) in [7, 11) is 4.38. The lowest BCUT2D eigenvalue weighted by molar-refractivity contribution is -0.149. The van der Waals surface area contributed by atoms with Crippen molar-refractivity contribution in [2.24, 2.45) is 0 Å². The second kappa shape index (κ2) is 8.98. The number of nitrogens with zero attached hydrogens (tertiary/aromatic N) is 1. The fraction of sp³-hybridized carbons (Fsp3) is 0.273. The number of benzene rings is 2. The molecule has 1 amide bonds. The molecule has 1 heterocycles. The number of ketones is 1. The molecule has 0 radical (unpaired) electrons. The Labute approximate surface area is 173 Å². The Bertz CT molecular complexity index is 946. The van der Waals surface area contributed by atoms with Crippen LogP contribution in [0.2, 0.25) is 0 Å². The lowest BCUT2D eigenvalue weighted by atomic mass is 9.95. The molecule has 1 atom stereocenters. The SMILES string of the molecule is COc1ccc(/C(O)=C2/C(=O)C(=O)N(CC(OC)OC)C2c2ccc(O)cc2)cc1. The Morgan fingerprint density at radius 2 is 1.60 bits per heavy atom. The van der Waals surface area contributed by atoms with Crippen LogP contribution in [0.5, 0.6) is 11.5 Å². The number of ether oxygens (including phenoxy) is 3. The third-order valence-corrected chi connectivity index (χ3v) is 4.98. The predicted octanol–water partition coefficient (Wildman–Crippen LogP) is 2.44. The lowest BCUT2D eigenvalue weighted by Gasteiger charge is -2.28. The number of rotatable bonds is 7. The Balaban J connectivity index is 2.13. The maximum atomic E-state index is 12.9. The molecule has 8 heteroatoms. The molecule has 0 aromatic heterocycles. The minimum absolute atomic E-state index is 0.0253. The van der Waals surface area contributed by atoms with Gasteiger partial charge in [0, 0.05) is 19.8 Å². The minimum Gasteiger partial charge on any atom is -0.508 e. The van der Waals surface area contributed by atoms with Gasteiger partial charge in [0.15, 0.2) is 6.29 Å². The van der Waals surface area contributed by atoms with Gasteiger partial charge in [0.05, 0.1) is 25.3 Å². The second-order valence-corrected chi connectivity index (χ2v) is 6.67. The highest BCUT2D eigenvalue weighted by molar-refractivity contribution is 6.46. The van der Waals surface area contributed by atoms with E-state index in [1.54, 1.807) is 36.4 Å². The summed E-state index contributed by atoms with van der Waals surface area (Å²) in [6, 6.07) is 11.7. The van der Waals surface area contributed by atoms with Gasteiger partial charge in [-0.1, -0.05) is 12.1 Å². The molecule has 0 spiro atoms. The monoisotopic (exact) mass is 413 g/mol. The third-order valence-electron chi connectivity index (χ3n) is 4.98. The van der Waals surface area contributed by atoms with Gasteiger partial charge in [-0.2, -0.15) is 0 Å². The van der Waals surface area contributed by atoms with E-state index in [1.807, 2.05) is 0 Å². The molecule has 1 fully saturated rings. The van der Waals surface area contributed by atoms with Crippen molar-refractivity contribution in [3.8, 4) is 11.5 Å². The topological polar surface area (TPSA) is 106 Å². The number of amides is 1. The summed E-state index contributed by atoms with van der Waals surface area (Å²) in [5.41, 5.74) is 0.863. The minimum atomic E-state index is -0.875. The Morgan fingerprint density at radius 1 is 1.00 bits per heavy atom. The van der Waals surface area contributed by atoms with Gasteiger partial charge in [0.1, 0.15) is 17.3 Å². The van der Waals surface area contributed by atoms with Gasteiger partial charge < -0.3 is 29.3 Å². The van der Waals surface area contributed by atoms with Gasteiger partial charge in [-0.05, 0) is 42.0 Å². The normalized spacial score (nSPS) is 18.3. The number of hydrogen-bond acceptors (Lipinski definition) is 7. The van der Waals surface area contributed by atoms with Gasteiger partial charge in [0.2, 0.25) is 0 Å². The van der Waals surface area contributed by atoms with Gasteiger partial charge in [0.25, 0.3) is 11.7 Å². The smallest absolute Gasteiger partial charge is 0.295 e. The van der Waals surface area contributed by atoms with E-state index in [2.05, 4.69) is 0 Å². The van der Waals surface area contributed by atoms with Crippen molar-refractivity contribution in [1.82, 2.24) is 4.90 Å². The van der Waals surface area contributed by atoms with Crippen molar-refractivity contribution in [1.29, 1.82) is 0 Å². The quantitative estimate of drug-likeness (QED) is 0.311. The molecule has 1 unspecified atom stereocenters. The van der Waals surface area contributed by atoms with Crippen LogP contribution in [0.4, 0.5) is 0 Å². The molecular formula is C22H23NO7. The standard InChI is InChI=1S/C22H23NO7/c1-28-16-10-6-14(7-11-16)20(25)18-19(13-4-8-15(24)9-5-13)23(22(27)21(18)26)12-17(29-2)30-3/h4-11,17,19,24-25H,12H2,1-3H3/b20-18-. The van der Waals surface area contributed by atoms with Crippen molar-refractivity contribution in [3.05, 3.63) is 65.2 Å². The fourth-order valence-corrected chi connectivity index (χ4v) is 3.38. The van der Waals surface area contributed by atoms with E-state index < -0.39 is 24.0 Å². The Morgan fingerprint density at radius 3 is 2.13 bits per heavy atom. The highest BCUT2D eigenvalue weighted by Gasteiger charge is 2.46. The molecule has 3 rings (SSSR count). The molecule has 2 aromatic carbocycles. The number of aliphatic hydroxyl groups excluding tert-OH is 1. The summed E-state index contributed by atoms with van der Waals surface area (Å²) in [4.78, 5) is 27.0. The van der Waals surface area contributed by atoms with Crippen molar-refractivity contribution in [2.45, 2.75) is 12.3 Å². The van der Waals surface area contributed by atoms with E-state index in [0.717, 1.165) is 0 Å². The highest BCUT2D eigenvalue weighted by Crippen LogP contribution is 2.40. The van der Waals surface area contributed by atoms with Crippen molar-refractivity contribution in [3.63, 3.8) is 0 Å². The Hall–Kier alpha value is -3.36. The number of likely N-dealkylation sites (tertiary alicyclic amines) is 1. The average Bonchev–Trinajstić information content (AvgIpc) is 3.02. The maximum absolute atomic E-state index is 12.9. The number of aliphatic hydroxyl groups is 1. The molecule has 0 saturated carbocycles. The van der Waals surface area contributed by atoms with Gasteiger partial charge in [-0.15, -0.1) is 0 Å². The lowest BCUT2D eigenvalue weighted by Crippen LogP contribution is -2.38. The number of hydrogen-bond donors (Lipinski definition) is 2. The van der Waals surface area contributed by atoms with Crippen LogP contribution in [0.25, 0.3) is 5.76 Å². The number of methoxy groups -OCH3 is 3. The molecule has 1 saturated heterocycles. The molecule has 8 nitrogen and oxygen atoms in total. The summed E-state index contributed by atoms with van der Waals surface area (Å²) in [6.45, 7) is -0.0253. The largest absolute Gasteiger partial charge is 0.508 e. The van der Waals surface area contributed by atoms with Crippen molar-refractivity contribution in [2.75, 3.05) is 27.9 Å². The van der Waals surface area contributed by atoms with Crippen LogP contribution in [0.15, 0.2) is 54.1 Å². The summed E-state index contributed by atoms with van der Waals surface area (Å²) in [5, 5.41) is 20.6. The Kier molecular flexibility index (Phi) is 6.39. The van der Waals surface area contributed by atoms with E-state index >= 15 is 0 Å². The number of carbonyl (C=O) groups is 2. The maximum Gasteiger partial charge on any atom is 0.295 e. The molecule has 0 bridgehead atoms. The zero-order chi connectivity index (χ0) is 21.8. The molecule has 0 aliphatic carbocycles. The first-order chi connectivity index (χ1) is 14.4. The van der Waals surface area contributed by atoms with Gasteiger partial charge in [-0.25, -0.2) is 0 Å². The van der Waals surface area contributed by atoms with E-state index in [1.165, 1.54) is 38.4 Å². The van der Waals surface area contributed by atoms with Crippen LogP contribution in [0, 0.1) is 0 Å². The van der Waals surface area contributed by atoms with Gasteiger partial charge in [-0.3, -0.25) is 9.59 Å². The highest BCUT2D eigenvalue weighted by atomic mass is 16.7. The first-order valence-electron chi connectivity index (χ1n) is 9.18. The second-order valence-electron chi connectivity index (χ2n) is 6.67. The molecule has 1 aliphatic rings. The zero-order valence-corrected chi connectivity index (χ0v) is 16.9. The summed E-state index contributed by atoms with van der Waals surface area (Å²) < 4.78 is 15.5. The number of Topliss-reactive ketones (excluding diaryl/α,β-unsaturated/α-hetero) is 1. The first kappa shape index (κ1) is 21.4. The first-order valence-corrected chi connectivity index (χ1v) is 9.18. The molecule has 30 heavy (non-hydrogen) atoms. The molecule has 2 N–H and O–H groups in total. The number of aromatic hydroxyl groups is 1. The average molecular weight is 413 g/mol. The molecule has 1 aliphatic heterocycles. The van der Waals surface area contributed by atoms with Crippen LogP contribution >= 0.6 is 0 Å². The summed E-state index contributed by atoms with van der Waals surface area (Å²) in [5.74, 6) is -1.26. The third kappa shape index (κ3) is 4.00. The van der Waals surface area contributed by atoms with E-state index in [-0.39, 0.29) is 23.6 Å². The van der Waals surface area contributed by atoms with Crippen LogP contribution in [0.3, 0.4) is 0 Å².